The Balaban J connectivity index is 2.51. The molecule has 1 aromatic rings. The lowest BCUT2D eigenvalue weighted by atomic mass is 10.0. The van der Waals surface area contributed by atoms with Gasteiger partial charge in [0.1, 0.15) is 12.0 Å². The minimum atomic E-state index is -0.749. The van der Waals surface area contributed by atoms with Crippen molar-refractivity contribution in [3.05, 3.63) is 29.3 Å². The van der Waals surface area contributed by atoms with Crippen LogP contribution in [0.25, 0.3) is 0 Å². The SMILES string of the molecule is CCC(CCOc1c(C)cccc1C)C(N)O. The minimum Gasteiger partial charge on any atom is -0.493 e. The largest absolute Gasteiger partial charge is 0.493 e. The summed E-state index contributed by atoms with van der Waals surface area (Å²) in [6.07, 6.45) is 0.900. The van der Waals surface area contributed by atoms with Gasteiger partial charge in [-0.3, -0.25) is 0 Å². The van der Waals surface area contributed by atoms with Gasteiger partial charge in [0, 0.05) is 5.92 Å². The molecule has 0 fully saturated rings. The highest BCUT2D eigenvalue weighted by Gasteiger charge is 2.13. The Hall–Kier alpha value is -1.06. The summed E-state index contributed by atoms with van der Waals surface area (Å²) < 4.78 is 5.78. The number of benzene rings is 1. The molecule has 96 valence electrons. The van der Waals surface area contributed by atoms with Gasteiger partial charge in [-0.05, 0) is 37.8 Å². The summed E-state index contributed by atoms with van der Waals surface area (Å²) in [6, 6.07) is 6.10. The van der Waals surface area contributed by atoms with Gasteiger partial charge in [0.2, 0.25) is 0 Å². The molecule has 0 bridgehead atoms. The van der Waals surface area contributed by atoms with Crippen LogP contribution in [0.3, 0.4) is 0 Å². The summed E-state index contributed by atoms with van der Waals surface area (Å²) >= 11 is 0. The number of aliphatic hydroxyl groups excluding tert-OH is 1. The van der Waals surface area contributed by atoms with Crippen LogP contribution in [0.4, 0.5) is 0 Å². The molecular formula is C14H23NO2. The predicted octanol–water partition coefficient (Wildman–Crippen LogP) is 2.38. The van der Waals surface area contributed by atoms with Crippen LogP contribution < -0.4 is 10.5 Å². The van der Waals surface area contributed by atoms with E-state index in [4.69, 9.17) is 10.5 Å². The van der Waals surface area contributed by atoms with E-state index in [2.05, 4.69) is 0 Å². The second-order valence-corrected chi connectivity index (χ2v) is 4.52. The number of aryl methyl sites for hydroxylation is 2. The summed E-state index contributed by atoms with van der Waals surface area (Å²) in [5.74, 6) is 1.06. The number of rotatable bonds is 6. The van der Waals surface area contributed by atoms with Gasteiger partial charge in [0.25, 0.3) is 0 Å². The molecule has 0 amide bonds. The number of nitrogens with two attached hydrogens (primary N) is 1. The van der Waals surface area contributed by atoms with E-state index in [0.29, 0.717) is 6.61 Å². The first-order chi connectivity index (χ1) is 8.06. The first kappa shape index (κ1) is 14.0. The zero-order chi connectivity index (χ0) is 12.8. The standard InChI is InChI=1S/C14H23NO2/c1-4-12(14(15)16)8-9-17-13-10(2)6-5-7-11(13)3/h5-7,12,14,16H,4,8-9,15H2,1-3H3. The van der Waals surface area contributed by atoms with Gasteiger partial charge in [0.05, 0.1) is 6.61 Å². The Morgan fingerprint density at radius 1 is 1.29 bits per heavy atom. The van der Waals surface area contributed by atoms with Crippen molar-refractivity contribution >= 4 is 0 Å². The van der Waals surface area contributed by atoms with Crippen molar-refractivity contribution in [3.63, 3.8) is 0 Å². The number of hydrogen-bond acceptors (Lipinski definition) is 3. The molecule has 3 nitrogen and oxygen atoms in total. The van der Waals surface area contributed by atoms with Gasteiger partial charge >= 0.3 is 0 Å². The van der Waals surface area contributed by atoms with E-state index >= 15 is 0 Å². The zero-order valence-electron chi connectivity index (χ0n) is 10.9. The maximum atomic E-state index is 9.34. The Morgan fingerprint density at radius 2 is 1.88 bits per heavy atom. The topological polar surface area (TPSA) is 55.5 Å². The second-order valence-electron chi connectivity index (χ2n) is 4.52. The van der Waals surface area contributed by atoms with Gasteiger partial charge < -0.3 is 15.6 Å². The predicted molar refractivity (Wildman–Crippen MR) is 70.0 cm³/mol. The van der Waals surface area contributed by atoms with Crippen LogP contribution in [0, 0.1) is 19.8 Å². The third-order valence-corrected chi connectivity index (χ3v) is 3.15. The van der Waals surface area contributed by atoms with Crippen LogP contribution in [0.1, 0.15) is 30.9 Å². The van der Waals surface area contributed by atoms with Crippen molar-refractivity contribution in [1.29, 1.82) is 0 Å². The third-order valence-electron chi connectivity index (χ3n) is 3.15. The van der Waals surface area contributed by atoms with Crippen molar-refractivity contribution in [2.24, 2.45) is 11.7 Å². The Bertz CT molecular complexity index is 330. The van der Waals surface area contributed by atoms with Crippen LogP contribution in [0.15, 0.2) is 18.2 Å². The van der Waals surface area contributed by atoms with Gasteiger partial charge in [-0.25, -0.2) is 0 Å². The quantitative estimate of drug-likeness (QED) is 0.747. The summed E-state index contributed by atoms with van der Waals surface area (Å²) in [4.78, 5) is 0. The molecule has 0 spiro atoms. The third kappa shape index (κ3) is 4.02. The maximum absolute atomic E-state index is 9.34. The molecule has 0 saturated carbocycles. The smallest absolute Gasteiger partial charge is 0.125 e. The number of ether oxygens (including phenoxy) is 1. The average molecular weight is 237 g/mol. The molecule has 0 aliphatic heterocycles. The lowest BCUT2D eigenvalue weighted by molar-refractivity contribution is 0.0953. The van der Waals surface area contributed by atoms with Crippen LogP contribution in [-0.4, -0.2) is 17.9 Å². The fourth-order valence-electron chi connectivity index (χ4n) is 1.96. The van der Waals surface area contributed by atoms with Gasteiger partial charge in [0.15, 0.2) is 0 Å². The Kier molecular flexibility index (Phi) is 5.45. The first-order valence-electron chi connectivity index (χ1n) is 6.19. The molecule has 17 heavy (non-hydrogen) atoms. The monoisotopic (exact) mass is 237 g/mol. The molecule has 3 N–H and O–H groups in total. The van der Waals surface area contributed by atoms with E-state index in [1.807, 2.05) is 39.0 Å². The van der Waals surface area contributed by atoms with Crippen molar-refractivity contribution in [2.45, 2.75) is 39.8 Å². The number of aliphatic hydroxyl groups is 1. The molecule has 2 atom stereocenters. The summed E-state index contributed by atoms with van der Waals surface area (Å²) in [5, 5.41) is 9.34. The van der Waals surface area contributed by atoms with Crippen LogP contribution in [-0.2, 0) is 0 Å². The van der Waals surface area contributed by atoms with Crippen molar-refractivity contribution in [2.75, 3.05) is 6.61 Å². The first-order valence-corrected chi connectivity index (χ1v) is 6.19. The van der Waals surface area contributed by atoms with Crippen molar-refractivity contribution in [3.8, 4) is 5.75 Å². The molecule has 0 radical (unpaired) electrons. The zero-order valence-corrected chi connectivity index (χ0v) is 10.9. The van der Waals surface area contributed by atoms with Gasteiger partial charge in [-0.1, -0.05) is 25.1 Å². The highest BCUT2D eigenvalue weighted by atomic mass is 16.5. The highest BCUT2D eigenvalue weighted by molar-refractivity contribution is 5.39. The Morgan fingerprint density at radius 3 is 2.35 bits per heavy atom. The number of hydrogen-bond donors (Lipinski definition) is 2. The van der Waals surface area contributed by atoms with E-state index in [9.17, 15) is 5.11 Å². The fraction of sp³-hybridized carbons (Fsp3) is 0.571. The molecule has 3 heteroatoms. The second kappa shape index (κ2) is 6.62. The van der Waals surface area contributed by atoms with E-state index in [0.717, 1.165) is 29.7 Å². The summed E-state index contributed by atoms with van der Waals surface area (Å²) in [5.41, 5.74) is 7.78. The lowest BCUT2D eigenvalue weighted by Gasteiger charge is -2.19. The number of para-hydroxylation sites is 1. The minimum absolute atomic E-state index is 0.110. The molecule has 0 aliphatic rings. The highest BCUT2D eigenvalue weighted by Crippen LogP contribution is 2.23. The normalized spacial score (nSPS) is 14.4. The van der Waals surface area contributed by atoms with Crippen LogP contribution in [0.5, 0.6) is 5.75 Å². The molecular weight excluding hydrogens is 214 g/mol. The fourth-order valence-corrected chi connectivity index (χ4v) is 1.96. The average Bonchev–Trinajstić information content (AvgIpc) is 2.27. The molecule has 0 aromatic heterocycles. The van der Waals surface area contributed by atoms with E-state index in [-0.39, 0.29) is 5.92 Å². The molecule has 0 aliphatic carbocycles. The summed E-state index contributed by atoms with van der Waals surface area (Å²) in [7, 11) is 0. The van der Waals surface area contributed by atoms with Crippen LogP contribution in [0.2, 0.25) is 0 Å². The van der Waals surface area contributed by atoms with E-state index in [1.54, 1.807) is 0 Å². The van der Waals surface area contributed by atoms with Gasteiger partial charge in [-0.15, -0.1) is 0 Å². The van der Waals surface area contributed by atoms with Crippen molar-refractivity contribution in [1.82, 2.24) is 0 Å². The van der Waals surface area contributed by atoms with Crippen LogP contribution >= 0.6 is 0 Å². The lowest BCUT2D eigenvalue weighted by Crippen LogP contribution is -2.30. The van der Waals surface area contributed by atoms with Crippen molar-refractivity contribution < 1.29 is 9.84 Å². The Labute approximate surface area is 104 Å². The maximum Gasteiger partial charge on any atom is 0.125 e. The van der Waals surface area contributed by atoms with E-state index < -0.39 is 6.23 Å². The molecule has 2 unspecified atom stereocenters. The van der Waals surface area contributed by atoms with E-state index in [1.165, 1.54) is 0 Å². The molecule has 0 heterocycles. The summed E-state index contributed by atoms with van der Waals surface area (Å²) in [6.45, 7) is 6.70. The molecule has 1 rings (SSSR count). The molecule has 1 aromatic carbocycles. The molecule has 0 saturated heterocycles. The van der Waals surface area contributed by atoms with Gasteiger partial charge in [-0.2, -0.15) is 0 Å².